The molecule has 6 nitrogen and oxygen atoms in total. The van der Waals surface area contributed by atoms with Crippen molar-refractivity contribution in [1.29, 1.82) is 0 Å². The third kappa shape index (κ3) is 4.06. The lowest BCUT2D eigenvalue weighted by Crippen LogP contribution is -2.07. The van der Waals surface area contributed by atoms with Crippen molar-refractivity contribution in [1.82, 2.24) is 15.0 Å². The highest BCUT2D eigenvalue weighted by Gasteiger charge is 2.05. The number of halogens is 1. The first kappa shape index (κ1) is 13.5. The van der Waals surface area contributed by atoms with Crippen LogP contribution in [0.4, 0.5) is 17.6 Å². The molecule has 0 bridgehead atoms. The Balaban J connectivity index is 2.17. The van der Waals surface area contributed by atoms with Gasteiger partial charge in [0.25, 0.3) is 0 Å². The summed E-state index contributed by atoms with van der Waals surface area (Å²) >= 11 is 3.40. The number of nitrogens with two attached hydrogens (primary N) is 1. The molecule has 0 saturated heterocycles. The Morgan fingerprint density at radius 1 is 1.32 bits per heavy atom. The maximum Gasteiger partial charge on any atom is 0.323 e. The zero-order chi connectivity index (χ0) is 13.7. The lowest BCUT2D eigenvalue weighted by molar-refractivity contribution is 0.292. The summed E-state index contributed by atoms with van der Waals surface area (Å²) in [6.45, 7) is 2.55. The number of rotatable bonds is 5. The van der Waals surface area contributed by atoms with Gasteiger partial charge in [0.15, 0.2) is 0 Å². The fraction of sp³-hybridized carbons (Fsp3) is 0.250. The quantitative estimate of drug-likeness (QED) is 0.879. The van der Waals surface area contributed by atoms with Gasteiger partial charge in [-0.1, -0.05) is 28.9 Å². The van der Waals surface area contributed by atoms with Crippen molar-refractivity contribution in [2.24, 2.45) is 0 Å². The van der Waals surface area contributed by atoms with Gasteiger partial charge in [0, 0.05) is 10.2 Å². The highest BCUT2D eigenvalue weighted by atomic mass is 79.9. The predicted molar refractivity (Wildman–Crippen MR) is 77.5 cm³/mol. The minimum Gasteiger partial charge on any atom is -0.463 e. The summed E-state index contributed by atoms with van der Waals surface area (Å²) in [7, 11) is 0. The number of nitrogens with zero attached hydrogens (tertiary/aromatic N) is 3. The second-order valence-corrected chi connectivity index (χ2v) is 4.70. The van der Waals surface area contributed by atoms with Crippen molar-refractivity contribution in [2.45, 2.75) is 13.3 Å². The number of aromatic nitrogens is 3. The van der Waals surface area contributed by atoms with E-state index in [1.54, 1.807) is 0 Å². The van der Waals surface area contributed by atoms with Gasteiger partial charge in [-0.15, -0.1) is 0 Å². The van der Waals surface area contributed by atoms with E-state index in [2.05, 4.69) is 36.2 Å². The summed E-state index contributed by atoms with van der Waals surface area (Å²) in [6.07, 6.45) is 0.875. The van der Waals surface area contributed by atoms with Crippen molar-refractivity contribution in [3.05, 3.63) is 28.7 Å². The van der Waals surface area contributed by atoms with Crippen LogP contribution in [0.3, 0.4) is 0 Å². The normalized spacial score (nSPS) is 10.2. The van der Waals surface area contributed by atoms with E-state index in [0.29, 0.717) is 12.6 Å². The van der Waals surface area contributed by atoms with Crippen LogP contribution in [0.25, 0.3) is 0 Å². The molecule has 0 spiro atoms. The molecular weight excluding hydrogens is 310 g/mol. The molecule has 0 amide bonds. The maximum atomic E-state index is 5.62. The van der Waals surface area contributed by atoms with E-state index in [1.165, 1.54) is 0 Å². The molecule has 3 N–H and O–H groups in total. The van der Waals surface area contributed by atoms with Crippen molar-refractivity contribution in [2.75, 3.05) is 17.7 Å². The number of nitrogens with one attached hydrogen (secondary N) is 1. The second kappa shape index (κ2) is 6.33. The molecule has 0 saturated carbocycles. The summed E-state index contributed by atoms with van der Waals surface area (Å²) in [5.41, 5.74) is 6.47. The third-order valence-electron chi connectivity index (χ3n) is 2.15. The Labute approximate surface area is 119 Å². The smallest absolute Gasteiger partial charge is 0.323 e. The van der Waals surface area contributed by atoms with Gasteiger partial charge < -0.3 is 15.8 Å². The zero-order valence-corrected chi connectivity index (χ0v) is 12.0. The molecule has 0 atom stereocenters. The molecule has 1 heterocycles. The Morgan fingerprint density at radius 2 is 2.16 bits per heavy atom. The van der Waals surface area contributed by atoms with E-state index in [0.717, 1.165) is 16.6 Å². The zero-order valence-electron chi connectivity index (χ0n) is 10.4. The van der Waals surface area contributed by atoms with E-state index >= 15 is 0 Å². The van der Waals surface area contributed by atoms with Crippen molar-refractivity contribution in [3.63, 3.8) is 0 Å². The van der Waals surface area contributed by atoms with Crippen LogP contribution >= 0.6 is 15.9 Å². The molecule has 1 aromatic carbocycles. The first-order valence-electron chi connectivity index (χ1n) is 5.84. The molecule has 2 rings (SSSR count). The Bertz CT molecular complexity index is 564. The van der Waals surface area contributed by atoms with Crippen LogP contribution in [0.15, 0.2) is 28.7 Å². The molecular formula is C12H14BrN5O. The molecule has 1 aromatic heterocycles. The van der Waals surface area contributed by atoms with E-state index in [-0.39, 0.29) is 12.0 Å². The largest absolute Gasteiger partial charge is 0.463 e. The number of anilines is 3. The van der Waals surface area contributed by atoms with Crippen LogP contribution in [0.5, 0.6) is 6.01 Å². The first-order chi connectivity index (χ1) is 9.17. The van der Waals surface area contributed by atoms with Gasteiger partial charge >= 0.3 is 6.01 Å². The molecule has 0 aliphatic rings. The van der Waals surface area contributed by atoms with Gasteiger partial charge in [0.05, 0.1) is 6.61 Å². The number of benzene rings is 1. The van der Waals surface area contributed by atoms with E-state index in [1.807, 2.05) is 31.2 Å². The Kier molecular flexibility index (Phi) is 4.51. The summed E-state index contributed by atoms with van der Waals surface area (Å²) in [5.74, 6) is 0.482. The standard InChI is InChI=1S/C12H14BrN5O/c1-2-6-19-12-17-10(14)16-11(18-12)15-9-5-3-4-8(13)7-9/h3-5,7H,2,6H2,1H3,(H3,14,15,16,17,18). The average Bonchev–Trinajstić information content (AvgIpc) is 2.35. The molecule has 100 valence electrons. The van der Waals surface area contributed by atoms with Crippen LogP contribution < -0.4 is 15.8 Å². The topological polar surface area (TPSA) is 86.0 Å². The number of hydrogen-bond donors (Lipinski definition) is 2. The molecule has 0 aliphatic heterocycles. The molecule has 0 radical (unpaired) electrons. The molecule has 0 fully saturated rings. The minimum atomic E-state index is 0.124. The van der Waals surface area contributed by atoms with E-state index < -0.39 is 0 Å². The summed E-state index contributed by atoms with van der Waals surface area (Å²) in [6, 6.07) is 7.88. The minimum absolute atomic E-state index is 0.124. The fourth-order valence-electron chi connectivity index (χ4n) is 1.38. The first-order valence-corrected chi connectivity index (χ1v) is 6.63. The van der Waals surface area contributed by atoms with Crippen LogP contribution in [-0.2, 0) is 0 Å². The highest BCUT2D eigenvalue weighted by molar-refractivity contribution is 9.10. The Hall–Kier alpha value is -1.89. The summed E-state index contributed by atoms with van der Waals surface area (Å²) in [4.78, 5) is 12.1. The lowest BCUT2D eigenvalue weighted by Gasteiger charge is -2.07. The van der Waals surface area contributed by atoms with E-state index in [9.17, 15) is 0 Å². The van der Waals surface area contributed by atoms with Crippen molar-refractivity contribution >= 4 is 33.5 Å². The highest BCUT2D eigenvalue weighted by Crippen LogP contribution is 2.19. The van der Waals surface area contributed by atoms with Gasteiger partial charge in [-0.3, -0.25) is 0 Å². The lowest BCUT2D eigenvalue weighted by atomic mass is 10.3. The molecule has 0 aliphatic carbocycles. The van der Waals surface area contributed by atoms with Crippen LogP contribution in [0, 0.1) is 0 Å². The maximum absolute atomic E-state index is 5.62. The number of nitrogen functional groups attached to an aromatic ring is 1. The average molecular weight is 324 g/mol. The number of ether oxygens (including phenoxy) is 1. The van der Waals surface area contributed by atoms with E-state index in [4.69, 9.17) is 10.5 Å². The second-order valence-electron chi connectivity index (χ2n) is 3.78. The fourth-order valence-corrected chi connectivity index (χ4v) is 1.78. The Morgan fingerprint density at radius 3 is 2.89 bits per heavy atom. The van der Waals surface area contributed by atoms with Crippen LogP contribution in [0.2, 0.25) is 0 Å². The monoisotopic (exact) mass is 323 g/mol. The molecule has 19 heavy (non-hydrogen) atoms. The van der Waals surface area contributed by atoms with Gasteiger partial charge in [0.1, 0.15) is 0 Å². The molecule has 0 unspecified atom stereocenters. The molecule has 2 aromatic rings. The summed E-state index contributed by atoms with van der Waals surface area (Å²) < 4.78 is 6.31. The van der Waals surface area contributed by atoms with Crippen molar-refractivity contribution < 1.29 is 4.74 Å². The summed E-state index contributed by atoms with van der Waals surface area (Å²) in [5, 5.41) is 3.05. The van der Waals surface area contributed by atoms with Gasteiger partial charge in [0.2, 0.25) is 11.9 Å². The molecule has 7 heteroatoms. The number of hydrogen-bond acceptors (Lipinski definition) is 6. The van der Waals surface area contributed by atoms with Crippen LogP contribution in [-0.4, -0.2) is 21.6 Å². The van der Waals surface area contributed by atoms with Crippen LogP contribution in [0.1, 0.15) is 13.3 Å². The SMILES string of the molecule is CCCOc1nc(N)nc(Nc2cccc(Br)c2)n1. The van der Waals surface area contributed by atoms with Gasteiger partial charge in [-0.2, -0.15) is 15.0 Å². The van der Waals surface area contributed by atoms with Gasteiger partial charge in [-0.25, -0.2) is 0 Å². The van der Waals surface area contributed by atoms with Gasteiger partial charge in [-0.05, 0) is 24.6 Å². The van der Waals surface area contributed by atoms with Crippen molar-refractivity contribution in [3.8, 4) is 6.01 Å². The third-order valence-corrected chi connectivity index (χ3v) is 2.64. The predicted octanol–water partition coefficient (Wildman–Crippen LogP) is 2.75.